The molecule has 2 nitrogen and oxygen atoms in total. The first-order chi connectivity index (χ1) is 8.15. The number of benzene rings is 1. The Hall–Kier alpha value is -1.49. The van der Waals surface area contributed by atoms with E-state index in [0.29, 0.717) is 11.3 Å². The lowest BCUT2D eigenvalue weighted by atomic mass is 10.2. The van der Waals surface area contributed by atoms with Crippen LogP contribution in [-0.2, 0) is 6.61 Å². The van der Waals surface area contributed by atoms with Gasteiger partial charge in [0.25, 0.3) is 0 Å². The van der Waals surface area contributed by atoms with Crippen LogP contribution in [0.25, 0.3) is 0 Å². The minimum atomic E-state index is -0.618. The van der Waals surface area contributed by atoms with Gasteiger partial charge in [-0.25, -0.2) is 8.78 Å². The van der Waals surface area contributed by atoms with Crippen LogP contribution in [0.1, 0.15) is 5.56 Å². The number of rotatable bonds is 3. The van der Waals surface area contributed by atoms with Crippen LogP contribution in [0.4, 0.5) is 8.78 Å². The maximum atomic E-state index is 13.3. The summed E-state index contributed by atoms with van der Waals surface area (Å²) < 4.78 is 32.1. The third-order valence-electron chi connectivity index (χ3n) is 2.09. The predicted molar refractivity (Wildman–Crippen MR) is 62.6 cm³/mol. The van der Waals surface area contributed by atoms with E-state index < -0.39 is 11.6 Å². The van der Waals surface area contributed by atoms with Crippen LogP contribution in [0, 0.1) is 11.6 Å². The van der Waals surface area contributed by atoms with E-state index in [2.05, 4.69) is 20.9 Å². The van der Waals surface area contributed by atoms with Gasteiger partial charge in [0.05, 0.1) is 6.20 Å². The highest BCUT2D eigenvalue weighted by molar-refractivity contribution is 9.10. The molecule has 0 aliphatic rings. The van der Waals surface area contributed by atoms with Crippen molar-refractivity contribution in [3.8, 4) is 5.75 Å². The van der Waals surface area contributed by atoms with E-state index >= 15 is 0 Å². The van der Waals surface area contributed by atoms with Gasteiger partial charge < -0.3 is 4.74 Å². The lowest BCUT2D eigenvalue weighted by Crippen LogP contribution is -1.99. The zero-order chi connectivity index (χ0) is 12.3. The molecule has 2 aromatic rings. The fourth-order valence-corrected chi connectivity index (χ4v) is 1.61. The smallest absolute Gasteiger partial charge is 0.139 e. The van der Waals surface area contributed by atoms with E-state index in [1.807, 2.05) is 0 Å². The monoisotopic (exact) mass is 299 g/mol. The molecule has 0 atom stereocenters. The van der Waals surface area contributed by atoms with E-state index in [-0.39, 0.29) is 6.61 Å². The molecule has 1 aromatic carbocycles. The molecule has 0 aliphatic carbocycles. The minimum Gasteiger partial charge on any atom is -0.487 e. The fraction of sp³-hybridized carbons (Fsp3) is 0.0833. The topological polar surface area (TPSA) is 22.1 Å². The van der Waals surface area contributed by atoms with E-state index in [1.165, 1.54) is 18.3 Å². The summed E-state index contributed by atoms with van der Waals surface area (Å²) in [6.07, 6.45) is 3.14. The van der Waals surface area contributed by atoms with Gasteiger partial charge in [-0.05, 0) is 34.1 Å². The van der Waals surface area contributed by atoms with Crippen LogP contribution in [0.2, 0.25) is 0 Å². The van der Waals surface area contributed by atoms with Crippen LogP contribution in [0.5, 0.6) is 5.75 Å². The molecule has 0 fully saturated rings. The van der Waals surface area contributed by atoms with E-state index in [1.54, 1.807) is 12.3 Å². The highest BCUT2D eigenvalue weighted by atomic mass is 79.9. The van der Waals surface area contributed by atoms with Crippen LogP contribution >= 0.6 is 15.9 Å². The molecule has 0 aliphatic heterocycles. The summed E-state index contributed by atoms with van der Waals surface area (Å²) in [5.74, 6) is -0.702. The van der Waals surface area contributed by atoms with Crippen molar-refractivity contribution in [2.24, 2.45) is 0 Å². The third-order valence-corrected chi connectivity index (χ3v) is 2.52. The number of aromatic nitrogens is 1. The first-order valence-corrected chi connectivity index (χ1v) is 5.62. The van der Waals surface area contributed by atoms with Gasteiger partial charge in [-0.1, -0.05) is 0 Å². The van der Waals surface area contributed by atoms with Crippen molar-refractivity contribution < 1.29 is 13.5 Å². The largest absolute Gasteiger partial charge is 0.487 e. The molecule has 88 valence electrons. The molecule has 0 amide bonds. The molecule has 0 saturated heterocycles. The summed E-state index contributed by atoms with van der Waals surface area (Å²) in [5, 5.41) is 0. The molecule has 0 unspecified atom stereocenters. The zero-order valence-electron chi connectivity index (χ0n) is 8.66. The second-order valence-electron chi connectivity index (χ2n) is 3.36. The molecule has 0 spiro atoms. The van der Waals surface area contributed by atoms with Crippen LogP contribution < -0.4 is 4.74 Å². The number of ether oxygens (including phenoxy) is 1. The summed E-state index contributed by atoms with van der Waals surface area (Å²) in [5.41, 5.74) is 0.298. The Balaban J connectivity index is 2.07. The van der Waals surface area contributed by atoms with Crippen molar-refractivity contribution in [3.05, 3.63) is 58.3 Å². The fourth-order valence-electron chi connectivity index (χ4n) is 1.27. The van der Waals surface area contributed by atoms with Gasteiger partial charge in [0.2, 0.25) is 0 Å². The Labute approximate surface area is 105 Å². The highest BCUT2D eigenvalue weighted by Gasteiger charge is 2.04. The predicted octanol–water partition coefficient (Wildman–Crippen LogP) is 3.70. The van der Waals surface area contributed by atoms with E-state index in [4.69, 9.17) is 4.74 Å². The van der Waals surface area contributed by atoms with Crippen LogP contribution in [0.15, 0.2) is 41.1 Å². The molecular weight excluding hydrogens is 292 g/mol. The Morgan fingerprint density at radius 3 is 2.71 bits per heavy atom. The lowest BCUT2D eigenvalue weighted by Gasteiger charge is -2.06. The van der Waals surface area contributed by atoms with Crippen LogP contribution in [0.3, 0.4) is 0 Å². The summed E-state index contributed by atoms with van der Waals surface area (Å²) >= 11 is 3.25. The second kappa shape index (κ2) is 5.23. The van der Waals surface area contributed by atoms with Crippen LogP contribution in [-0.4, -0.2) is 4.98 Å². The molecule has 0 saturated carbocycles. The van der Waals surface area contributed by atoms with Crippen molar-refractivity contribution in [2.75, 3.05) is 0 Å². The molecule has 1 heterocycles. The molecule has 0 radical (unpaired) electrons. The standard InChI is InChI=1S/C12H8BrF2NO/c13-9-3-11(6-16-5-9)17-7-8-1-2-10(14)4-12(8)15/h1-6H,7H2. The van der Waals surface area contributed by atoms with Crippen molar-refractivity contribution in [3.63, 3.8) is 0 Å². The van der Waals surface area contributed by atoms with Crippen molar-refractivity contribution in [2.45, 2.75) is 6.61 Å². The Morgan fingerprint density at radius 1 is 1.18 bits per heavy atom. The quantitative estimate of drug-likeness (QED) is 0.862. The van der Waals surface area contributed by atoms with Crippen molar-refractivity contribution >= 4 is 15.9 Å². The molecule has 1 aromatic heterocycles. The van der Waals surface area contributed by atoms with Gasteiger partial charge in [0.1, 0.15) is 24.0 Å². The van der Waals surface area contributed by atoms with Gasteiger partial charge >= 0.3 is 0 Å². The first-order valence-electron chi connectivity index (χ1n) is 4.82. The van der Waals surface area contributed by atoms with E-state index in [0.717, 1.165) is 10.5 Å². The molecular formula is C12H8BrF2NO. The minimum absolute atomic E-state index is 0.0320. The number of pyridine rings is 1. The average Bonchev–Trinajstić information content (AvgIpc) is 2.28. The Bertz CT molecular complexity index is 534. The van der Waals surface area contributed by atoms with Gasteiger partial charge in [0.15, 0.2) is 0 Å². The average molecular weight is 300 g/mol. The van der Waals surface area contributed by atoms with Gasteiger partial charge in [-0.2, -0.15) is 0 Å². The van der Waals surface area contributed by atoms with Crippen molar-refractivity contribution in [1.29, 1.82) is 0 Å². The zero-order valence-corrected chi connectivity index (χ0v) is 10.2. The lowest BCUT2D eigenvalue weighted by molar-refractivity contribution is 0.298. The van der Waals surface area contributed by atoms with E-state index in [9.17, 15) is 8.78 Å². The summed E-state index contributed by atoms with van der Waals surface area (Å²) in [6, 6.07) is 5.10. The molecule has 0 N–H and O–H groups in total. The molecule has 0 bridgehead atoms. The Kier molecular flexibility index (Phi) is 3.68. The maximum Gasteiger partial charge on any atom is 0.139 e. The molecule has 2 rings (SSSR count). The summed E-state index contributed by atoms with van der Waals surface area (Å²) in [4.78, 5) is 3.91. The summed E-state index contributed by atoms with van der Waals surface area (Å²) in [7, 11) is 0. The highest BCUT2D eigenvalue weighted by Crippen LogP contribution is 2.18. The van der Waals surface area contributed by atoms with Gasteiger partial charge in [0, 0.05) is 22.3 Å². The normalized spacial score (nSPS) is 10.3. The van der Waals surface area contributed by atoms with Gasteiger partial charge in [-0.3, -0.25) is 4.98 Å². The number of hydrogen-bond acceptors (Lipinski definition) is 2. The molecule has 5 heteroatoms. The maximum absolute atomic E-state index is 13.3. The SMILES string of the molecule is Fc1ccc(COc2cncc(Br)c2)c(F)c1. The number of halogens is 3. The molecule has 17 heavy (non-hydrogen) atoms. The van der Waals surface area contributed by atoms with Crippen molar-refractivity contribution in [1.82, 2.24) is 4.98 Å². The summed E-state index contributed by atoms with van der Waals surface area (Å²) in [6.45, 7) is 0.0320. The number of hydrogen-bond donors (Lipinski definition) is 0. The first kappa shape index (κ1) is 12.0. The second-order valence-corrected chi connectivity index (χ2v) is 4.28. The Morgan fingerprint density at radius 2 is 2.00 bits per heavy atom. The third kappa shape index (κ3) is 3.23. The number of nitrogens with zero attached hydrogens (tertiary/aromatic N) is 1. The van der Waals surface area contributed by atoms with Gasteiger partial charge in [-0.15, -0.1) is 0 Å².